The van der Waals surface area contributed by atoms with Crippen LogP contribution in [-0.2, 0) is 27.5 Å². The summed E-state index contributed by atoms with van der Waals surface area (Å²) in [6.45, 7) is 0.958. The predicted octanol–water partition coefficient (Wildman–Crippen LogP) is 3.58. The Hall–Kier alpha value is -1.83. The molecule has 0 aromatic heterocycles. The Morgan fingerprint density at radius 3 is 2.50 bits per heavy atom. The topological polar surface area (TPSA) is 67.4 Å². The molecule has 0 saturated heterocycles. The maximum absolute atomic E-state index is 12.0. The van der Waals surface area contributed by atoms with Crippen LogP contribution in [0.5, 0.6) is 0 Å². The van der Waals surface area contributed by atoms with E-state index >= 15 is 0 Å². The number of ether oxygens (including phenoxy) is 1. The van der Waals surface area contributed by atoms with E-state index in [0.717, 1.165) is 21.3 Å². The number of hydrogen-bond acceptors (Lipinski definition) is 4. The van der Waals surface area contributed by atoms with E-state index in [2.05, 4.69) is 26.6 Å². The van der Waals surface area contributed by atoms with Gasteiger partial charge in [0.2, 0.25) is 11.8 Å². The van der Waals surface area contributed by atoms with Crippen molar-refractivity contribution in [2.24, 2.45) is 0 Å². The molecule has 26 heavy (non-hydrogen) atoms. The Morgan fingerprint density at radius 1 is 1.04 bits per heavy atom. The third kappa shape index (κ3) is 7.19. The molecule has 0 spiro atoms. The fourth-order valence-electron chi connectivity index (χ4n) is 2.27. The van der Waals surface area contributed by atoms with Crippen molar-refractivity contribution in [2.75, 3.05) is 23.9 Å². The molecular weight excluding hydrogens is 416 g/mol. The molecule has 0 fully saturated rings. The summed E-state index contributed by atoms with van der Waals surface area (Å²) in [5.41, 5.74) is 2.81. The summed E-state index contributed by atoms with van der Waals surface area (Å²) in [5.74, 6) is 0.224. The van der Waals surface area contributed by atoms with Crippen molar-refractivity contribution in [2.45, 2.75) is 13.2 Å². The second-order valence-corrected chi connectivity index (χ2v) is 7.43. The molecule has 0 saturated carbocycles. The molecule has 2 rings (SSSR count). The van der Waals surface area contributed by atoms with E-state index in [0.29, 0.717) is 13.2 Å². The van der Waals surface area contributed by atoms with E-state index in [1.54, 1.807) is 7.11 Å². The van der Waals surface area contributed by atoms with Gasteiger partial charge in [0.1, 0.15) is 0 Å². The highest BCUT2D eigenvalue weighted by Crippen LogP contribution is 2.16. The Labute approximate surface area is 166 Å². The molecule has 0 heterocycles. The lowest BCUT2D eigenvalue weighted by Gasteiger charge is -2.10. The number of anilines is 1. The summed E-state index contributed by atoms with van der Waals surface area (Å²) in [4.78, 5) is 23.9. The Bertz CT molecular complexity index is 755. The molecule has 138 valence electrons. The summed E-state index contributed by atoms with van der Waals surface area (Å²) < 4.78 is 6.06. The summed E-state index contributed by atoms with van der Waals surface area (Å²) >= 11 is 4.64. The summed E-state index contributed by atoms with van der Waals surface area (Å²) in [6.07, 6.45) is 0. The first-order chi connectivity index (χ1) is 12.6. The van der Waals surface area contributed by atoms with Gasteiger partial charge in [0.25, 0.3) is 0 Å². The second kappa shape index (κ2) is 11.0. The highest BCUT2D eigenvalue weighted by Gasteiger charge is 2.08. The fourth-order valence-corrected chi connectivity index (χ4v) is 3.32. The smallest absolute Gasteiger partial charge is 0.234 e. The molecule has 0 aliphatic heterocycles. The maximum atomic E-state index is 12.0. The van der Waals surface area contributed by atoms with Crippen LogP contribution in [0.25, 0.3) is 0 Å². The number of methoxy groups -OCH3 is 1. The van der Waals surface area contributed by atoms with Crippen molar-refractivity contribution in [3.05, 3.63) is 64.1 Å². The Morgan fingerprint density at radius 2 is 1.77 bits per heavy atom. The van der Waals surface area contributed by atoms with Crippen LogP contribution in [0.4, 0.5) is 5.69 Å². The van der Waals surface area contributed by atoms with E-state index in [4.69, 9.17) is 4.74 Å². The first-order valence-electron chi connectivity index (χ1n) is 8.04. The molecule has 5 nitrogen and oxygen atoms in total. The standard InChI is InChI=1S/C19H21BrN2O3S/c1-25-11-15-6-3-2-5-14(15)10-21-18(23)12-26-13-19(24)22-17-8-4-7-16(20)9-17/h2-9H,10-13H2,1H3,(H,21,23)(H,22,24). The highest BCUT2D eigenvalue weighted by atomic mass is 79.9. The number of hydrogen-bond donors (Lipinski definition) is 2. The second-order valence-electron chi connectivity index (χ2n) is 5.53. The lowest BCUT2D eigenvalue weighted by atomic mass is 10.1. The molecule has 7 heteroatoms. The van der Waals surface area contributed by atoms with E-state index in [-0.39, 0.29) is 23.3 Å². The van der Waals surface area contributed by atoms with Gasteiger partial charge >= 0.3 is 0 Å². The lowest BCUT2D eigenvalue weighted by molar-refractivity contribution is -0.118. The molecule has 2 aromatic rings. The summed E-state index contributed by atoms with van der Waals surface area (Å²) in [6, 6.07) is 15.2. The average molecular weight is 437 g/mol. The van der Waals surface area contributed by atoms with E-state index in [9.17, 15) is 9.59 Å². The molecule has 2 aromatic carbocycles. The van der Waals surface area contributed by atoms with Crippen LogP contribution in [0.3, 0.4) is 0 Å². The minimum atomic E-state index is -0.133. The summed E-state index contributed by atoms with van der Waals surface area (Å²) in [5, 5.41) is 5.68. The molecule has 0 bridgehead atoms. The molecule has 2 N–H and O–H groups in total. The van der Waals surface area contributed by atoms with E-state index < -0.39 is 0 Å². The third-order valence-corrected chi connectivity index (χ3v) is 4.89. The molecule has 0 unspecified atom stereocenters. The number of halogens is 1. The molecule has 2 amide bonds. The largest absolute Gasteiger partial charge is 0.380 e. The van der Waals surface area contributed by atoms with Crippen molar-refractivity contribution >= 4 is 45.2 Å². The van der Waals surface area contributed by atoms with Gasteiger partial charge < -0.3 is 15.4 Å². The normalized spacial score (nSPS) is 10.4. The molecular formula is C19H21BrN2O3S. The van der Waals surface area contributed by atoms with Crippen LogP contribution < -0.4 is 10.6 Å². The van der Waals surface area contributed by atoms with Crippen molar-refractivity contribution < 1.29 is 14.3 Å². The molecule has 0 aliphatic rings. The first kappa shape index (κ1) is 20.5. The minimum Gasteiger partial charge on any atom is -0.380 e. The quantitative estimate of drug-likeness (QED) is 0.630. The first-order valence-corrected chi connectivity index (χ1v) is 9.99. The van der Waals surface area contributed by atoms with Gasteiger partial charge in [-0.25, -0.2) is 0 Å². The minimum absolute atomic E-state index is 0.0996. The van der Waals surface area contributed by atoms with Gasteiger partial charge in [0.15, 0.2) is 0 Å². The van der Waals surface area contributed by atoms with Crippen LogP contribution in [0.15, 0.2) is 53.0 Å². The Balaban J connectivity index is 1.70. The number of carbonyl (C=O) groups is 2. The molecule has 0 atom stereocenters. The maximum Gasteiger partial charge on any atom is 0.234 e. The zero-order chi connectivity index (χ0) is 18.8. The highest BCUT2D eigenvalue weighted by molar-refractivity contribution is 9.10. The van der Waals surface area contributed by atoms with Crippen LogP contribution in [0.2, 0.25) is 0 Å². The predicted molar refractivity (Wildman–Crippen MR) is 109 cm³/mol. The number of carbonyl (C=O) groups excluding carboxylic acids is 2. The van der Waals surface area contributed by atoms with Gasteiger partial charge in [-0.15, -0.1) is 11.8 Å². The molecule has 0 radical (unpaired) electrons. The van der Waals surface area contributed by atoms with Gasteiger partial charge in [-0.2, -0.15) is 0 Å². The lowest BCUT2D eigenvalue weighted by Crippen LogP contribution is -2.26. The van der Waals surface area contributed by atoms with Gasteiger partial charge in [0.05, 0.1) is 18.1 Å². The SMILES string of the molecule is COCc1ccccc1CNC(=O)CSCC(=O)Nc1cccc(Br)c1. The van der Waals surface area contributed by atoms with Gasteiger partial charge in [-0.1, -0.05) is 46.3 Å². The zero-order valence-corrected chi connectivity index (χ0v) is 16.9. The van der Waals surface area contributed by atoms with Crippen molar-refractivity contribution in [3.8, 4) is 0 Å². The average Bonchev–Trinajstić information content (AvgIpc) is 2.61. The van der Waals surface area contributed by atoms with Crippen LogP contribution in [0.1, 0.15) is 11.1 Å². The number of nitrogens with one attached hydrogen (secondary N) is 2. The number of thioether (sulfide) groups is 1. The summed E-state index contributed by atoms with van der Waals surface area (Å²) in [7, 11) is 1.64. The zero-order valence-electron chi connectivity index (χ0n) is 14.5. The van der Waals surface area contributed by atoms with Crippen molar-refractivity contribution in [1.29, 1.82) is 0 Å². The number of amides is 2. The number of rotatable bonds is 9. The third-order valence-electron chi connectivity index (χ3n) is 3.47. The van der Waals surface area contributed by atoms with Crippen molar-refractivity contribution in [3.63, 3.8) is 0 Å². The number of benzene rings is 2. The van der Waals surface area contributed by atoms with Crippen molar-refractivity contribution in [1.82, 2.24) is 5.32 Å². The van der Waals surface area contributed by atoms with Crippen LogP contribution in [-0.4, -0.2) is 30.4 Å². The van der Waals surface area contributed by atoms with Crippen LogP contribution >= 0.6 is 27.7 Å². The van der Waals surface area contributed by atoms with Gasteiger partial charge in [0, 0.05) is 23.8 Å². The van der Waals surface area contributed by atoms with E-state index in [1.165, 1.54) is 11.8 Å². The Kier molecular flexibility index (Phi) is 8.67. The van der Waals surface area contributed by atoms with Gasteiger partial charge in [-0.05, 0) is 29.3 Å². The van der Waals surface area contributed by atoms with E-state index in [1.807, 2.05) is 48.5 Å². The fraction of sp³-hybridized carbons (Fsp3) is 0.263. The van der Waals surface area contributed by atoms with Crippen LogP contribution in [0, 0.1) is 0 Å². The van der Waals surface area contributed by atoms with Gasteiger partial charge in [-0.3, -0.25) is 9.59 Å². The molecule has 0 aliphatic carbocycles. The monoisotopic (exact) mass is 436 g/mol.